The van der Waals surface area contributed by atoms with Crippen molar-refractivity contribution in [1.82, 2.24) is 9.88 Å². The predicted molar refractivity (Wildman–Crippen MR) is 82.7 cm³/mol. The Balaban J connectivity index is 2.04. The van der Waals surface area contributed by atoms with Crippen LogP contribution in [-0.4, -0.2) is 22.8 Å². The molecule has 0 fully saturated rings. The third kappa shape index (κ3) is 3.81. The van der Waals surface area contributed by atoms with E-state index in [0.717, 1.165) is 16.3 Å². The lowest BCUT2D eigenvalue weighted by atomic mass is 10.2. The van der Waals surface area contributed by atoms with E-state index in [1.165, 1.54) is 0 Å². The van der Waals surface area contributed by atoms with Crippen molar-refractivity contribution in [3.8, 4) is 0 Å². The molecule has 1 aromatic heterocycles. The number of anilines is 1. The largest absolute Gasteiger partial charge is 0.376 e. The van der Waals surface area contributed by atoms with Gasteiger partial charge < -0.3 is 10.2 Å². The molecule has 0 spiro atoms. The van der Waals surface area contributed by atoms with Gasteiger partial charge >= 0.3 is 0 Å². The Kier molecular flexibility index (Phi) is 4.74. The molecule has 0 bridgehead atoms. The van der Waals surface area contributed by atoms with E-state index in [4.69, 9.17) is 0 Å². The van der Waals surface area contributed by atoms with E-state index in [1.54, 1.807) is 30.2 Å². The second kappa shape index (κ2) is 6.52. The first-order valence-electron chi connectivity index (χ1n) is 6.53. The van der Waals surface area contributed by atoms with Gasteiger partial charge in [-0.25, -0.2) is 4.98 Å². The first-order chi connectivity index (χ1) is 9.56. The zero-order chi connectivity index (χ0) is 14.5. The van der Waals surface area contributed by atoms with E-state index in [2.05, 4.69) is 23.3 Å². The standard InChI is InChI=1S/C15H19N3OS/c1-11(15-16-7-8-20-15)17-14-6-4-5-13(9-14)10-18(3)12(2)19/h4-9,11,17H,10H2,1-3H3. The lowest BCUT2D eigenvalue weighted by molar-refractivity contribution is -0.128. The Morgan fingerprint density at radius 3 is 2.95 bits per heavy atom. The molecule has 0 saturated heterocycles. The number of carbonyl (C=O) groups excluding carboxylic acids is 1. The van der Waals surface area contributed by atoms with Crippen LogP contribution in [0.4, 0.5) is 5.69 Å². The van der Waals surface area contributed by atoms with Gasteiger partial charge in [0.15, 0.2) is 0 Å². The van der Waals surface area contributed by atoms with Crippen molar-refractivity contribution in [3.63, 3.8) is 0 Å². The van der Waals surface area contributed by atoms with Crippen molar-refractivity contribution >= 4 is 22.9 Å². The first-order valence-corrected chi connectivity index (χ1v) is 7.41. The van der Waals surface area contributed by atoms with E-state index in [1.807, 2.05) is 29.8 Å². The molecule has 1 heterocycles. The second-order valence-electron chi connectivity index (χ2n) is 4.81. The van der Waals surface area contributed by atoms with Gasteiger partial charge in [0.1, 0.15) is 5.01 Å². The zero-order valence-corrected chi connectivity index (χ0v) is 12.8. The second-order valence-corrected chi connectivity index (χ2v) is 5.74. The van der Waals surface area contributed by atoms with Crippen LogP contribution in [0.1, 0.15) is 30.5 Å². The van der Waals surface area contributed by atoms with Gasteiger partial charge in [-0.3, -0.25) is 4.79 Å². The van der Waals surface area contributed by atoms with Crippen LogP contribution >= 0.6 is 11.3 Å². The van der Waals surface area contributed by atoms with Gasteiger partial charge in [0.05, 0.1) is 6.04 Å². The summed E-state index contributed by atoms with van der Waals surface area (Å²) in [6.07, 6.45) is 1.82. The lowest BCUT2D eigenvalue weighted by Gasteiger charge is -2.17. The first kappa shape index (κ1) is 14.5. The molecule has 0 radical (unpaired) electrons. The summed E-state index contributed by atoms with van der Waals surface area (Å²) >= 11 is 1.64. The average molecular weight is 289 g/mol. The maximum Gasteiger partial charge on any atom is 0.219 e. The normalized spacial score (nSPS) is 11.9. The van der Waals surface area contributed by atoms with Gasteiger partial charge in [-0.1, -0.05) is 12.1 Å². The third-order valence-corrected chi connectivity index (χ3v) is 4.05. The molecule has 4 nitrogen and oxygen atoms in total. The molecule has 1 unspecified atom stereocenters. The van der Waals surface area contributed by atoms with E-state index in [0.29, 0.717) is 6.54 Å². The van der Waals surface area contributed by atoms with E-state index in [9.17, 15) is 4.79 Å². The van der Waals surface area contributed by atoms with Gasteiger partial charge in [0, 0.05) is 37.8 Å². The van der Waals surface area contributed by atoms with E-state index in [-0.39, 0.29) is 11.9 Å². The summed E-state index contributed by atoms with van der Waals surface area (Å²) in [7, 11) is 1.81. The Labute approximate surface area is 123 Å². The SMILES string of the molecule is CC(=O)N(C)Cc1cccc(NC(C)c2nccs2)c1. The van der Waals surface area contributed by atoms with Crippen LogP contribution in [0, 0.1) is 0 Å². The Morgan fingerprint density at radius 2 is 2.30 bits per heavy atom. The van der Waals surface area contributed by atoms with Crippen LogP contribution < -0.4 is 5.32 Å². The molecule has 20 heavy (non-hydrogen) atoms. The highest BCUT2D eigenvalue weighted by molar-refractivity contribution is 7.09. The highest BCUT2D eigenvalue weighted by Crippen LogP contribution is 2.21. The Morgan fingerprint density at radius 1 is 1.50 bits per heavy atom. The molecule has 0 aliphatic rings. The van der Waals surface area contributed by atoms with Gasteiger partial charge in [0.25, 0.3) is 0 Å². The van der Waals surface area contributed by atoms with Crippen molar-refractivity contribution in [3.05, 3.63) is 46.4 Å². The molecule has 1 aromatic carbocycles. The van der Waals surface area contributed by atoms with Crippen LogP contribution in [0.3, 0.4) is 0 Å². The fourth-order valence-corrected chi connectivity index (χ4v) is 2.55. The van der Waals surface area contributed by atoms with Crippen molar-refractivity contribution < 1.29 is 4.79 Å². The number of nitrogens with one attached hydrogen (secondary N) is 1. The molecule has 5 heteroatoms. The number of amides is 1. The lowest BCUT2D eigenvalue weighted by Crippen LogP contribution is -2.23. The van der Waals surface area contributed by atoms with Crippen LogP contribution in [-0.2, 0) is 11.3 Å². The van der Waals surface area contributed by atoms with Crippen molar-refractivity contribution in [2.75, 3.05) is 12.4 Å². The number of hydrogen-bond donors (Lipinski definition) is 1. The minimum absolute atomic E-state index is 0.0690. The number of thiazole rings is 1. The molecule has 1 N–H and O–H groups in total. The Hall–Kier alpha value is -1.88. The van der Waals surface area contributed by atoms with Gasteiger partial charge in [-0.05, 0) is 24.6 Å². The number of carbonyl (C=O) groups is 1. The molecular weight excluding hydrogens is 270 g/mol. The summed E-state index contributed by atoms with van der Waals surface area (Å²) in [6, 6.07) is 8.31. The number of hydrogen-bond acceptors (Lipinski definition) is 4. The smallest absolute Gasteiger partial charge is 0.219 e. The van der Waals surface area contributed by atoms with Crippen molar-refractivity contribution in [2.24, 2.45) is 0 Å². The summed E-state index contributed by atoms with van der Waals surface area (Å²) in [5, 5.41) is 6.48. The molecule has 106 valence electrons. The summed E-state index contributed by atoms with van der Waals surface area (Å²) < 4.78 is 0. The molecule has 0 aliphatic carbocycles. The molecule has 0 aliphatic heterocycles. The van der Waals surface area contributed by atoms with E-state index < -0.39 is 0 Å². The van der Waals surface area contributed by atoms with Crippen LogP contribution in [0.25, 0.3) is 0 Å². The number of rotatable bonds is 5. The molecular formula is C15H19N3OS. The predicted octanol–water partition coefficient (Wildman–Crippen LogP) is 3.29. The highest BCUT2D eigenvalue weighted by Gasteiger charge is 2.08. The maximum absolute atomic E-state index is 11.3. The van der Waals surface area contributed by atoms with E-state index >= 15 is 0 Å². The van der Waals surface area contributed by atoms with Crippen LogP contribution in [0.5, 0.6) is 0 Å². The van der Waals surface area contributed by atoms with Crippen LogP contribution in [0.15, 0.2) is 35.8 Å². The molecule has 1 atom stereocenters. The monoisotopic (exact) mass is 289 g/mol. The van der Waals surface area contributed by atoms with Gasteiger partial charge in [-0.15, -0.1) is 11.3 Å². The van der Waals surface area contributed by atoms with Gasteiger partial charge in [0.2, 0.25) is 5.91 Å². The maximum atomic E-state index is 11.3. The minimum atomic E-state index is 0.0690. The molecule has 0 saturated carbocycles. The molecule has 1 amide bonds. The fourth-order valence-electron chi connectivity index (χ4n) is 1.90. The Bertz CT molecular complexity index is 568. The quantitative estimate of drug-likeness (QED) is 0.918. The van der Waals surface area contributed by atoms with Crippen molar-refractivity contribution in [2.45, 2.75) is 26.4 Å². The minimum Gasteiger partial charge on any atom is -0.376 e. The topological polar surface area (TPSA) is 45.2 Å². The average Bonchev–Trinajstić information content (AvgIpc) is 2.92. The summed E-state index contributed by atoms with van der Waals surface area (Å²) in [4.78, 5) is 17.3. The number of benzene rings is 1. The van der Waals surface area contributed by atoms with Crippen molar-refractivity contribution in [1.29, 1.82) is 0 Å². The summed E-state index contributed by atoms with van der Waals surface area (Å²) in [6.45, 7) is 4.29. The number of nitrogens with zero attached hydrogens (tertiary/aromatic N) is 2. The molecule has 2 rings (SSSR count). The summed E-state index contributed by atoms with van der Waals surface area (Å²) in [5.74, 6) is 0.0690. The zero-order valence-electron chi connectivity index (χ0n) is 12.0. The fraction of sp³-hybridized carbons (Fsp3) is 0.333. The molecule has 2 aromatic rings. The third-order valence-electron chi connectivity index (χ3n) is 3.09. The van der Waals surface area contributed by atoms with Gasteiger partial charge in [-0.2, -0.15) is 0 Å². The highest BCUT2D eigenvalue weighted by atomic mass is 32.1. The number of aromatic nitrogens is 1. The summed E-state index contributed by atoms with van der Waals surface area (Å²) in [5.41, 5.74) is 2.15. The van der Waals surface area contributed by atoms with Crippen LogP contribution in [0.2, 0.25) is 0 Å².